The first kappa shape index (κ1) is 12.2. The molecule has 0 saturated heterocycles. The minimum Gasteiger partial charge on any atom is -0.321 e. The van der Waals surface area contributed by atoms with Gasteiger partial charge in [0.05, 0.1) is 16.3 Å². The van der Waals surface area contributed by atoms with Crippen LogP contribution in [0.4, 0.5) is 5.69 Å². The standard InChI is InChI=1S/C15H10ClNOS/c16-12-6-2-3-7-13(12)17-15(18)11-9-19-14-8-4-1-5-10(11)14/h1-9H,(H,17,18). The number of carbonyl (C=O) groups excluding carboxylic acids is 1. The summed E-state index contributed by atoms with van der Waals surface area (Å²) in [5.41, 5.74) is 1.31. The number of para-hydroxylation sites is 1. The van der Waals surface area contributed by atoms with Crippen molar-refractivity contribution in [3.63, 3.8) is 0 Å². The molecule has 0 saturated carbocycles. The summed E-state index contributed by atoms with van der Waals surface area (Å²) in [6, 6.07) is 15.1. The predicted molar refractivity (Wildman–Crippen MR) is 81.2 cm³/mol. The minimum atomic E-state index is -0.134. The van der Waals surface area contributed by atoms with Gasteiger partial charge in [0.2, 0.25) is 0 Å². The summed E-state index contributed by atoms with van der Waals surface area (Å²) in [6.45, 7) is 0. The number of rotatable bonds is 2. The molecule has 19 heavy (non-hydrogen) atoms. The Morgan fingerprint density at radius 1 is 1.05 bits per heavy atom. The molecule has 1 amide bonds. The van der Waals surface area contributed by atoms with Gasteiger partial charge in [-0.05, 0) is 18.2 Å². The van der Waals surface area contributed by atoms with Crippen LogP contribution in [0.1, 0.15) is 10.4 Å². The first-order valence-electron chi connectivity index (χ1n) is 5.78. The molecule has 2 nitrogen and oxygen atoms in total. The highest BCUT2D eigenvalue weighted by molar-refractivity contribution is 7.17. The van der Waals surface area contributed by atoms with E-state index in [2.05, 4.69) is 5.32 Å². The minimum absolute atomic E-state index is 0.134. The van der Waals surface area contributed by atoms with Crippen molar-refractivity contribution in [2.24, 2.45) is 0 Å². The van der Waals surface area contributed by atoms with Crippen molar-refractivity contribution in [2.45, 2.75) is 0 Å². The van der Waals surface area contributed by atoms with Crippen molar-refractivity contribution < 1.29 is 4.79 Å². The maximum Gasteiger partial charge on any atom is 0.257 e. The Morgan fingerprint density at radius 3 is 2.63 bits per heavy atom. The molecule has 0 radical (unpaired) electrons. The van der Waals surface area contributed by atoms with Crippen LogP contribution >= 0.6 is 22.9 Å². The van der Waals surface area contributed by atoms with Crippen molar-refractivity contribution in [1.82, 2.24) is 0 Å². The zero-order valence-electron chi connectivity index (χ0n) is 9.89. The number of thiophene rings is 1. The van der Waals surface area contributed by atoms with Gasteiger partial charge in [-0.2, -0.15) is 0 Å². The van der Waals surface area contributed by atoms with Crippen LogP contribution in [0.25, 0.3) is 10.1 Å². The van der Waals surface area contributed by atoms with E-state index in [-0.39, 0.29) is 5.91 Å². The summed E-state index contributed by atoms with van der Waals surface area (Å²) in [5.74, 6) is -0.134. The zero-order chi connectivity index (χ0) is 13.2. The van der Waals surface area contributed by atoms with Crippen molar-refractivity contribution in [2.75, 3.05) is 5.32 Å². The van der Waals surface area contributed by atoms with E-state index in [4.69, 9.17) is 11.6 Å². The van der Waals surface area contributed by atoms with E-state index in [9.17, 15) is 4.79 Å². The van der Waals surface area contributed by atoms with Gasteiger partial charge in [0.25, 0.3) is 5.91 Å². The number of hydrogen-bond acceptors (Lipinski definition) is 2. The van der Waals surface area contributed by atoms with Crippen molar-refractivity contribution in [3.8, 4) is 0 Å². The second-order valence-corrected chi connectivity index (χ2v) is 5.40. The summed E-state index contributed by atoms with van der Waals surface area (Å²) in [4.78, 5) is 12.3. The number of anilines is 1. The lowest BCUT2D eigenvalue weighted by atomic mass is 10.1. The van der Waals surface area contributed by atoms with Gasteiger partial charge in [-0.15, -0.1) is 11.3 Å². The lowest BCUT2D eigenvalue weighted by Gasteiger charge is -2.06. The highest BCUT2D eigenvalue weighted by Gasteiger charge is 2.12. The topological polar surface area (TPSA) is 29.1 Å². The Hall–Kier alpha value is -1.84. The molecule has 2 aromatic carbocycles. The molecule has 1 aromatic heterocycles. The molecule has 1 heterocycles. The van der Waals surface area contributed by atoms with Gasteiger partial charge in [0, 0.05) is 15.5 Å². The molecule has 94 valence electrons. The van der Waals surface area contributed by atoms with Crippen LogP contribution in [0, 0.1) is 0 Å². The number of carbonyl (C=O) groups is 1. The van der Waals surface area contributed by atoms with E-state index < -0.39 is 0 Å². The van der Waals surface area contributed by atoms with Crippen LogP contribution in [-0.4, -0.2) is 5.91 Å². The van der Waals surface area contributed by atoms with Crippen molar-refractivity contribution in [1.29, 1.82) is 0 Å². The van der Waals surface area contributed by atoms with Gasteiger partial charge in [-0.3, -0.25) is 4.79 Å². The van der Waals surface area contributed by atoms with E-state index in [1.54, 1.807) is 23.5 Å². The van der Waals surface area contributed by atoms with Crippen LogP contribution in [0.3, 0.4) is 0 Å². The number of nitrogens with one attached hydrogen (secondary N) is 1. The Balaban J connectivity index is 1.95. The molecule has 0 bridgehead atoms. The van der Waals surface area contributed by atoms with Crippen molar-refractivity contribution >= 4 is 44.6 Å². The van der Waals surface area contributed by atoms with E-state index in [0.29, 0.717) is 16.3 Å². The van der Waals surface area contributed by atoms with E-state index in [1.165, 1.54) is 0 Å². The van der Waals surface area contributed by atoms with Gasteiger partial charge < -0.3 is 5.32 Å². The predicted octanol–water partition coefficient (Wildman–Crippen LogP) is 4.81. The zero-order valence-corrected chi connectivity index (χ0v) is 11.5. The SMILES string of the molecule is O=C(Nc1ccccc1Cl)c1csc2ccccc12. The van der Waals surface area contributed by atoms with Gasteiger partial charge >= 0.3 is 0 Å². The largest absolute Gasteiger partial charge is 0.321 e. The van der Waals surface area contributed by atoms with Gasteiger partial charge in [-0.25, -0.2) is 0 Å². The molecule has 0 fully saturated rings. The second-order valence-electron chi connectivity index (χ2n) is 4.08. The summed E-state index contributed by atoms with van der Waals surface area (Å²) in [6.07, 6.45) is 0. The van der Waals surface area contributed by atoms with Crippen LogP contribution < -0.4 is 5.32 Å². The summed E-state index contributed by atoms with van der Waals surface area (Å²) >= 11 is 7.60. The Morgan fingerprint density at radius 2 is 1.79 bits per heavy atom. The second kappa shape index (κ2) is 5.03. The van der Waals surface area contributed by atoms with E-state index >= 15 is 0 Å². The number of amides is 1. The quantitative estimate of drug-likeness (QED) is 0.720. The average molecular weight is 288 g/mol. The van der Waals surface area contributed by atoms with Crippen LogP contribution in [0.2, 0.25) is 5.02 Å². The van der Waals surface area contributed by atoms with E-state index in [1.807, 2.05) is 41.8 Å². The Labute approximate surface area is 119 Å². The number of benzene rings is 2. The molecule has 3 rings (SSSR count). The van der Waals surface area contributed by atoms with Gasteiger partial charge in [0.1, 0.15) is 0 Å². The molecule has 3 aromatic rings. The Bertz CT molecular complexity index is 750. The Kier molecular flexibility index (Phi) is 3.23. The average Bonchev–Trinajstić information content (AvgIpc) is 2.85. The molecular weight excluding hydrogens is 278 g/mol. The highest BCUT2D eigenvalue weighted by Crippen LogP contribution is 2.27. The fraction of sp³-hybridized carbons (Fsp3) is 0. The molecule has 1 N–H and O–H groups in total. The first-order valence-corrected chi connectivity index (χ1v) is 7.03. The monoisotopic (exact) mass is 287 g/mol. The van der Waals surface area contributed by atoms with Crippen LogP contribution in [0.15, 0.2) is 53.9 Å². The molecular formula is C15H10ClNOS. The molecule has 4 heteroatoms. The molecule has 0 unspecified atom stereocenters. The van der Waals surface area contributed by atoms with Gasteiger partial charge in [-0.1, -0.05) is 41.9 Å². The fourth-order valence-corrected chi connectivity index (χ4v) is 3.03. The van der Waals surface area contributed by atoms with Crippen LogP contribution in [0.5, 0.6) is 0 Å². The van der Waals surface area contributed by atoms with Crippen molar-refractivity contribution in [3.05, 3.63) is 64.5 Å². The maximum atomic E-state index is 12.3. The molecule has 0 spiro atoms. The molecule has 0 aliphatic carbocycles. The van der Waals surface area contributed by atoms with Gasteiger partial charge in [0.15, 0.2) is 0 Å². The number of hydrogen-bond donors (Lipinski definition) is 1. The third-order valence-electron chi connectivity index (χ3n) is 2.85. The smallest absolute Gasteiger partial charge is 0.257 e. The fourth-order valence-electron chi connectivity index (χ4n) is 1.91. The maximum absolute atomic E-state index is 12.3. The summed E-state index contributed by atoms with van der Waals surface area (Å²) in [7, 11) is 0. The van der Waals surface area contributed by atoms with Crippen LogP contribution in [-0.2, 0) is 0 Å². The van der Waals surface area contributed by atoms with E-state index in [0.717, 1.165) is 10.1 Å². The number of halogens is 1. The summed E-state index contributed by atoms with van der Waals surface area (Å²) < 4.78 is 1.10. The third kappa shape index (κ3) is 2.35. The normalized spacial score (nSPS) is 10.6. The molecule has 0 aliphatic heterocycles. The highest BCUT2D eigenvalue weighted by atomic mass is 35.5. The number of fused-ring (bicyclic) bond motifs is 1. The molecule has 0 aliphatic rings. The third-order valence-corrected chi connectivity index (χ3v) is 4.14. The lowest BCUT2D eigenvalue weighted by Crippen LogP contribution is -2.11. The molecule has 0 atom stereocenters. The summed E-state index contributed by atoms with van der Waals surface area (Å²) in [5, 5.41) is 6.22. The first-order chi connectivity index (χ1) is 9.25. The lowest BCUT2D eigenvalue weighted by molar-refractivity contribution is 0.102.